The Bertz CT molecular complexity index is 820. The zero-order chi connectivity index (χ0) is 20.7. The number of phenols is 1. The van der Waals surface area contributed by atoms with Crippen molar-refractivity contribution < 1.29 is 14.5 Å². The summed E-state index contributed by atoms with van der Waals surface area (Å²) in [7, 11) is 0. The van der Waals surface area contributed by atoms with E-state index in [1.165, 1.54) is 11.8 Å². The monoisotopic (exact) mass is 407 g/mol. The van der Waals surface area contributed by atoms with Crippen LogP contribution in [-0.2, 0) is 22.0 Å². The van der Waals surface area contributed by atoms with Crippen LogP contribution < -0.4 is 0 Å². The second-order valence-electron chi connectivity index (χ2n) is 8.77. The largest absolute Gasteiger partial charge is 0.612 e. The Morgan fingerprint density at radius 3 is 1.96 bits per heavy atom. The number of hydrogen-bond donors (Lipinski definition) is 2. The highest BCUT2D eigenvalue weighted by Gasteiger charge is 2.30. The first-order chi connectivity index (χ1) is 12.3. The van der Waals surface area contributed by atoms with E-state index in [1.54, 1.807) is 24.6 Å². The fourth-order valence-electron chi connectivity index (χ4n) is 3.06. The highest BCUT2D eigenvalue weighted by atomic mass is 32.2. The summed E-state index contributed by atoms with van der Waals surface area (Å²) in [5, 5.41) is 11.6. The van der Waals surface area contributed by atoms with Gasteiger partial charge in [0.05, 0.1) is 5.56 Å². The normalized spacial score (nSPS) is 13.7. The summed E-state index contributed by atoms with van der Waals surface area (Å²) in [6.07, 6.45) is 5.09. The van der Waals surface area contributed by atoms with Crippen molar-refractivity contribution in [2.75, 3.05) is 12.5 Å². The molecule has 0 saturated carbocycles. The molecule has 1 atom stereocenters. The number of aromatic hydroxyl groups is 1. The van der Waals surface area contributed by atoms with E-state index in [9.17, 15) is 14.5 Å². The lowest BCUT2D eigenvalue weighted by Gasteiger charge is -2.28. The van der Waals surface area contributed by atoms with Gasteiger partial charge in [0.1, 0.15) is 17.0 Å². The van der Waals surface area contributed by atoms with E-state index in [4.69, 9.17) is 0 Å². The Hall–Kier alpha value is -1.37. The third-order valence-corrected chi connectivity index (χ3v) is 6.38. The van der Waals surface area contributed by atoms with Gasteiger partial charge >= 0.3 is 0 Å². The minimum atomic E-state index is -1.29. The number of nitrogens with one attached hydrogen (secondary N) is 1. The Morgan fingerprint density at radius 1 is 1.11 bits per heavy atom. The number of ketones is 1. The summed E-state index contributed by atoms with van der Waals surface area (Å²) in [4.78, 5) is 16.9. The van der Waals surface area contributed by atoms with Crippen molar-refractivity contribution in [2.24, 2.45) is 0 Å². The molecular formula is C21H29NO3S2. The van der Waals surface area contributed by atoms with E-state index in [-0.39, 0.29) is 22.4 Å². The standard InChI is InChI=1S/C21H29NO3S2/c1-20(2,3)14-9-12(10-15(17(14)24)21(4,5)6)16(23)13-11-22-19(26-7)18(13)27(8)25/h9-11,22,24H,1-8H3. The van der Waals surface area contributed by atoms with Crippen molar-refractivity contribution in [1.29, 1.82) is 0 Å². The number of aromatic amines is 1. The van der Waals surface area contributed by atoms with Gasteiger partial charge in [0, 0.05) is 22.9 Å². The molecule has 2 aromatic rings. The molecule has 0 aliphatic rings. The molecule has 4 nitrogen and oxygen atoms in total. The van der Waals surface area contributed by atoms with Gasteiger partial charge in [-0.3, -0.25) is 4.79 Å². The Kier molecular flexibility index (Phi) is 6.15. The van der Waals surface area contributed by atoms with Gasteiger partial charge in [-0.25, -0.2) is 0 Å². The molecule has 0 fully saturated rings. The highest BCUT2D eigenvalue weighted by molar-refractivity contribution is 7.99. The Morgan fingerprint density at radius 2 is 1.59 bits per heavy atom. The van der Waals surface area contributed by atoms with Crippen LogP contribution in [0.15, 0.2) is 28.3 Å². The number of H-pyrrole nitrogens is 1. The molecule has 27 heavy (non-hydrogen) atoms. The van der Waals surface area contributed by atoms with E-state index in [0.29, 0.717) is 16.0 Å². The number of thioether (sulfide) groups is 1. The predicted molar refractivity (Wildman–Crippen MR) is 114 cm³/mol. The fourth-order valence-corrected chi connectivity index (χ4v) is 4.92. The van der Waals surface area contributed by atoms with Gasteiger partial charge in [0.15, 0.2) is 10.7 Å². The second-order valence-corrected chi connectivity index (χ2v) is 10.9. The lowest BCUT2D eigenvalue weighted by molar-refractivity contribution is 0.103. The predicted octanol–water partition coefficient (Wildman–Crippen LogP) is 5.01. The molecular weight excluding hydrogens is 378 g/mol. The topological polar surface area (TPSA) is 76.2 Å². The molecule has 2 N–H and O–H groups in total. The minimum Gasteiger partial charge on any atom is -0.612 e. The molecule has 0 aliphatic carbocycles. The van der Waals surface area contributed by atoms with Crippen LogP contribution in [0.1, 0.15) is 68.6 Å². The maximum absolute atomic E-state index is 13.3. The summed E-state index contributed by atoms with van der Waals surface area (Å²) >= 11 is 0.147. The second kappa shape index (κ2) is 7.57. The van der Waals surface area contributed by atoms with Gasteiger partial charge < -0.3 is 14.6 Å². The van der Waals surface area contributed by atoms with Crippen molar-refractivity contribution in [3.05, 3.63) is 40.6 Å². The zero-order valence-corrected chi connectivity index (χ0v) is 18.9. The number of carbonyl (C=O) groups is 1. The lowest BCUT2D eigenvalue weighted by atomic mass is 9.78. The molecule has 6 heteroatoms. The molecule has 0 saturated heterocycles. The molecule has 148 valence electrons. The number of rotatable bonds is 4. The SMILES string of the molecule is CSc1[nH]cc(C(=O)c2cc(C(C)(C)C)c(O)c(C(C)(C)C)c2)c1[S+](C)[O-]. The number of aromatic nitrogens is 1. The van der Waals surface area contributed by atoms with Crippen molar-refractivity contribution in [1.82, 2.24) is 4.98 Å². The molecule has 1 heterocycles. The number of benzene rings is 1. The van der Waals surface area contributed by atoms with Crippen molar-refractivity contribution in [3.63, 3.8) is 0 Å². The van der Waals surface area contributed by atoms with Crippen LogP contribution >= 0.6 is 11.8 Å². The van der Waals surface area contributed by atoms with Crippen molar-refractivity contribution in [3.8, 4) is 5.75 Å². The van der Waals surface area contributed by atoms with E-state index in [0.717, 1.165) is 16.2 Å². The maximum Gasteiger partial charge on any atom is 0.199 e. The van der Waals surface area contributed by atoms with Crippen LogP contribution in [0.25, 0.3) is 0 Å². The van der Waals surface area contributed by atoms with E-state index in [2.05, 4.69) is 4.98 Å². The first kappa shape index (κ1) is 21.9. The number of phenolic OH excluding ortho intramolecular Hbond substituents is 1. The molecule has 0 bridgehead atoms. The van der Waals surface area contributed by atoms with Gasteiger partial charge in [-0.2, -0.15) is 0 Å². The van der Waals surface area contributed by atoms with Crippen LogP contribution in [0.5, 0.6) is 5.75 Å². The average Bonchev–Trinajstić information content (AvgIpc) is 2.96. The summed E-state index contributed by atoms with van der Waals surface area (Å²) in [6, 6.07) is 3.53. The molecule has 0 spiro atoms. The third-order valence-electron chi connectivity index (χ3n) is 4.52. The van der Waals surface area contributed by atoms with Gasteiger partial charge in [-0.15, -0.1) is 11.8 Å². The van der Waals surface area contributed by atoms with Crippen molar-refractivity contribution in [2.45, 2.75) is 62.3 Å². The fraction of sp³-hybridized carbons (Fsp3) is 0.476. The number of carbonyl (C=O) groups excluding carboxylic acids is 1. The van der Waals surface area contributed by atoms with Crippen LogP contribution in [0.3, 0.4) is 0 Å². The highest BCUT2D eigenvalue weighted by Crippen LogP contribution is 2.40. The molecule has 1 aromatic heterocycles. The summed E-state index contributed by atoms with van der Waals surface area (Å²) in [6.45, 7) is 12.1. The van der Waals surface area contributed by atoms with Crippen LogP contribution in [0, 0.1) is 0 Å². The van der Waals surface area contributed by atoms with Crippen molar-refractivity contribution >= 4 is 28.7 Å². The van der Waals surface area contributed by atoms with Gasteiger partial charge in [-0.05, 0) is 40.4 Å². The zero-order valence-electron chi connectivity index (χ0n) is 17.3. The van der Waals surface area contributed by atoms with E-state index in [1.807, 2.05) is 47.8 Å². The smallest absolute Gasteiger partial charge is 0.199 e. The molecule has 0 amide bonds. The maximum atomic E-state index is 13.3. The molecule has 1 aromatic carbocycles. The molecule has 0 aliphatic heterocycles. The van der Waals surface area contributed by atoms with E-state index < -0.39 is 11.2 Å². The summed E-state index contributed by atoms with van der Waals surface area (Å²) in [5.41, 5.74) is 1.75. The first-order valence-corrected chi connectivity index (χ1v) is 11.6. The molecule has 0 radical (unpaired) electrons. The van der Waals surface area contributed by atoms with E-state index >= 15 is 0 Å². The molecule has 1 unspecified atom stereocenters. The molecule has 2 rings (SSSR count). The van der Waals surface area contributed by atoms with Crippen LogP contribution in [-0.4, -0.2) is 32.9 Å². The number of hydrogen-bond acceptors (Lipinski definition) is 4. The average molecular weight is 408 g/mol. The Labute approximate surface area is 169 Å². The van der Waals surface area contributed by atoms with Gasteiger partial charge in [0.2, 0.25) is 0 Å². The third kappa shape index (κ3) is 4.39. The van der Waals surface area contributed by atoms with Gasteiger partial charge in [0.25, 0.3) is 0 Å². The lowest BCUT2D eigenvalue weighted by Crippen LogP contribution is -2.19. The van der Waals surface area contributed by atoms with Crippen LogP contribution in [0.2, 0.25) is 0 Å². The van der Waals surface area contributed by atoms with Gasteiger partial charge in [-0.1, -0.05) is 41.5 Å². The first-order valence-electron chi connectivity index (χ1n) is 8.80. The van der Waals surface area contributed by atoms with Crippen LogP contribution in [0.4, 0.5) is 0 Å². The quantitative estimate of drug-likeness (QED) is 0.424. The minimum absolute atomic E-state index is 0.187. The summed E-state index contributed by atoms with van der Waals surface area (Å²) < 4.78 is 12.2. The summed E-state index contributed by atoms with van der Waals surface area (Å²) in [5.74, 6) is 0.0532. The Balaban J connectivity index is 2.73.